The van der Waals surface area contributed by atoms with E-state index in [9.17, 15) is 4.79 Å². The fourth-order valence-electron chi connectivity index (χ4n) is 1.44. The molecule has 1 aromatic rings. The number of esters is 1. The summed E-state index contributed by atoms with van der Waals surface area (Å²) in [5.74, 6) is -0.406. The van der Waals surface area contributed by atoms with Crippen molar-refractivity contribution in [3.63, 3.8) is 0 Å². The number of benzene rings is 1. The normalized spacial score (nSPS) is 10.0. The van der Waals surface area contributed by atoms with Crippen LogP contribution in [0.1, 0.15) is 17.3 Å². The quantitative estimate of drug-likeness (QED) is 0.446. The molecule has 0 unspecified atom stereocenters. The minimum absolute atomic E-state index is 0.406. The third-order valence-corrected chi connectivity index (χ3v) is 2.25. The highest BCUT2D eigenvalue weighted by Crippen LogP contribution is 2.23. The maximum absolute atomic E-state index is 11.5. The summed E-state index contributed by atoms with van der Waals surface area (Å²) in [6.45, 7) is 3.74. The van der Waals surface area contributed by atoms with Crippen LogP contribution in [0.2, 0.25) is 0 Å². The Morgan fingerprint density at radius 3 is 2.88 bits per heavy atom. The molecule has 94 valence electrons. The van der Waals surface area contributed by atoms with E-state index in [1.165, 1.54) is 7.11 Å². The number of rotatable bonds is 6. The smallest absolute Gasteiger partial charge is 0.340 e. The average molecular weight is 238 g/mol. The van der Waals surface area contributed by atoms with Crippen molar-refractivity contribution in [2.75, 3.05) is 37.9 Å². The molecule has 0 saturated carbocycles. The van der Waals surface area contributed by atoms with Gasteiger partial charge in [0, 0.05) is 13.2 Å². The molecule has 0 saturated heterocycles. The minimum Gasteiger partial charge on any atom is -0.465 e. The van der Waals surface area contributed by atoms with E-state index in [-0.39, 0.29) is 0 Å². The molecule has 0 heterocycles. The lowest BCUT2D eigenvalue weighted by Gasteiger charge is -2.13. The first kappa shape index (κ1) is 13.3. The molecule has 0 fully saturated rings. The third-order valence-electron chi connectivity index (χ3n) is 2.25. The highest BCUT2D eigenvalue weighted by molar-refractivity contribution is 5.98. The van der Waals surface area contributed by atoms with Gasteiger partial charge in [-0.3, -0.25) is 0 Å². The van der Waals surface area contributed by atoms with Crippen LogP contribution in [0.4, 0.5) is 11.4 Å². The summed E-state index contributed by atoms with van der Waals surface area (Å²) < 4.78 is 9.90. The Hall–Kier alpha value is -1.75. The van der Waals surface area contributed by atoms with Crippen molar-refractivity contribution >= 4 is 17.3 Å². The van der Waals surface area contributed by atoms with Gasteiger partial charge in [0.1, 0.15) is 0 Å². The van der Waals surface area contributed by atoms with E-state index in [1.807, 2.05) is 6.92 Å². The second kappa shape index (κ2) is 6.75. The zero-order valence-corrected chi connectivity index (χ0v) is 10.2. The summed E-state index contributed by atoms with van der Waals surface area (Å²) in [5, 5.41) is 3.08. The molecule has 0 bridgehead atoms. The van der Waals surface area contributed by atoms with Crippen molar-refractivity contribution in [3.05, 3.63) is 23.8 Å². The summed E-state index contributed by atoms with van der Waals surface area (Å²) in [7, 11) is 1.34. The van der Waals surface area contributed by atoms with Crippen LogP contribution in [0.5, 0.6) is 0 Å². The van der Waals surface area contributed by atoms with E-state index in [4.69, 9.17) is 15.2 Å². The second-order valence-electron chi connectivity index (χ2n) is 3.39. The summed E-state index contributed by atoms with van der Waals surface area (Å²) in [6, 6.07) is 5.12. The number of hydrogen-bond acceptors (Lipinski definition) is 5. The fourth-order valence-corrected chi connectivity index (χ4v) is 1.44. The Balaban J connectivity index is 2.77. The maximum atomic E-state index is 11.5. The molecule has 0 radical (unpaired) electrons. The first-order chi connectivity index (χ1) is 8.20. The van der Waals surface area contributed by atoms with E-state index < -0.39 is 5.97 Å². The second-order valence-corrected chi connectivity index (χ2v) is 3.39. The van der Waals surface area contributed by atoms with Crippen molar-refractivity contribution in [2.45, 2.75) is 6.92 Å². The molecule has 0 aromatic heterocycles. The summed E-state index contributed by atoms with van der Waals surface area (Å²) in [6.07, 6.45) is 0. The zero-order chi connectivity index (χ0) is 12.7. The lowest BCUT2D eigenvalue weighted by atomic mass is 10.1. The maximum Gasteiger partial charge on any atom is 0.340 e. The highest BCUT2D eigenvalue weighted by atomic mass is 16.5. The molecule has 5 nitrogen and oxygen atoms in total. The van der Waals surface area contributed by atoms with Gasteiger partial charge in [-0.1, -0.05) is 6.07 Å². The summed E-state index contributed by atoms with van der Waals surface area (Å²) in [4.78, 5) is 11.5. The van der Waals surface area contributed by atoms with E-state index >= 15 is 0 Å². The Morgan fingerprint density at radius 2 is 2.24 bits per heavy atom. The molecular formula is C12H18N2O3. The molecule has 17 heavy (non-hydrogen) atoms. The average Bonchev–Trinajstić information content (AvgIpc) is 2.35. The van der Waals surface area contributed by atoms with Gasteiger partial charge in [0.15, 0.2) is 0 Å². The molecule has 0 aliphatic heterocycles. The number of ether oxygens (including phenoxy) is 2. The number of nitrogens with two attached hydrogens (primary N) is 1. The van der Waals surface area contributed by atoms with Crippen molar-refractivity contribution in [3.8, 4) is 0 Å². The topological polar surface area (TPSA) is 73.6 Å². The van der Waals surface area contributed by atoms with Crippen LogP contribution in [-0.2, 0) is 9.47 Å². The van der Waals surface area contributed by atoms with Crippen LogP contribution in [0.25, 0.3) is 0 Å². The monoisotopic (exact) mass is 238 g/mol. The van der Waals surface area contributed by atoms with Gasteiger partial charge in [-0.2, -0.15) is 0 Å². The van der Waals surface area contributed by atoms with Gasteiger partial charge < -0.3 is 20.5 Å². The molecule has 0 atom stereocenters. The van der Waals surface area contributed by atoms with Gasteiger partial charge in [0.2, 0.25) is 0 Å². The summed E-state index contributed by atoms with van der Waals surface area (Å²) >= 11 is 0. The number of para-hydroxylation sites is 1. The van der Waals surface area contributed by atoms with Crippen LogP contribution >= 0.6 is 0 Å². The molecule has 0 aliphatic carbocycles. The lowest BCUT2D eigenvalue weighted by molar-refractivity contribution is 0.0601. The van der Waals surface area contributed by atoms with Gasteiger partial charge in [0.25, 0.3) is 0 Å². The number of nitrogen functional groups attached to an aromatic ring is 1. The first-order valence-corrected chi connectivity index (χ1v) is 5.49. The van der Waals surface area contributed by atoms with Crippen molar-refractivity contribution in [1.82, 2.24) is 0 Å². The Morgan fingerprint density at radius 1 is 1.47 bits per heavy atom. The molecule has 3 N–H and O–H groups in total. The molecule has 1 rings (SSSR count). The number of methoxy groups -OCH3 is 1. The van der Waals surface area contributed by atoms with E-state index in [1.54, 1.807) is 18.2 Å². The molecule has 1 aromatic carbocycles. The van der Waals surface area contributed by atoms with Gasteiger partial charge in [-0.25, -0.2) is 4.79 Å². The zero-order valence-electron chi connectivity index (χ0n) is 10.2. The van der Waals surface area contributed by atoms with Gasteiger partial charge in [-0.15, -0.1) is 0 Å². The van der Waals surface area contributed by atoms with Crippen molar-refractivity contribution in [2.24, 2.45) is 0 Å². The summed E-state index contributed by atoms with van der Waals surface area (Å²) in [5.41, 5.74) is 7.37. The Labute approximate surface area is 101 Å². The van der Waals surface area contributed by atoms with E-state index in [2.05, 4.69) is 5.32 Å². The third kappa shape index (κ3) is 3.64. The van der Waals surface area contributed by atoms with Crippen LogP contribution in [-0.4, -0.2) is 32.8 Å². The Bertz CT molecular complexity index is 380. The standard InChI is InChI=1S/C12H18N2O3/c1-3-17-8-7-14-11-9(12(15)16-2)5-4-6-10(11)13/h4-6,14H,3,7-8,13H2,1-2H3. The SMILES string of the molecule is CCOCCNc1c(N)cccc1C(=O)OC. The van der Waals surface area contributed by atoms with Crippen molar-refractivity contribution in [1.29, 1.82) is 0 Å². The fraction of sp³-hybridized carbons (Fsp3) is 0.417. The minimum atomic E-state index is -0.406. The van der Waals surface area contributed by atoms with Crippen LogP contribution in [0.15, 0.2) is 18.2 Å². The predicted octanol–water partition coefficient (Wildman–Crippen LogP) is 1.50. The van der Waals surface area contributed by atoms with Crippen LogP contribution < -0.4 is 11.1 Å². The van der Waals surface area contributed by atoms with Crippen molar-refractivity contribution < 1.29 is 14.3 Å². The molecule has 0 amide bonds. The predicted molar refractivity (Wildman–Crippen MR) is 67.2 cm³/mol. The number of carbonyl (C=O) groups is 1. The van der Waals surface area contributed by atoms with Crippen LogP contribution in [0.3, 0.4) is 0 Å². The van der Waals surface area contributed by atoms with Gasteiger partial charge >= 0.3 is 5.97 Å². The lowest BCUT2D eigenvalue weighted by Crippen LogP contribution is -2.14. The van der Waals surface area contributed by atoms with Gasteiger partial charge in [-0.05, 0) is 19.1 Å². The molecule has 5 heteroatoms. The van der Waals surface area contributed by atoms with Crippen LogP contribution in [0, 0.1) is 0 Å². The number of carbonyl (C=O) groups excluding carboxylic acids is 1. The van der Waals surface area contributed by atoms with Gasteiger partial charge in [0.05, 0.1) is 30.7 Å². The van der Waals surface area contributed by atoms with E-state index in [0.29, 0.717) is 36.7 Å². The molecule has 0 spiro atoms. The highest BCUT2D eigenvalue weighted by Gasteiger charge is 2.13. The molecule has 0 aliphatic rings. The first-order valence-electron chi connectivity index (χ1n) is 5.49. The molecular weight excluding hydrogens is 220 g/mol. The van der Waals surface area contributed by atoms with E-state index in [0.717, 1.165) is 0 Å². The Kier molecular flexibility index (Phi) is 5.29. The largest absolute Gasteiger partial charge is 0.465 e. The number of nitrogens with one attached hydrogen (secondary N) is 1. The number of anilines is 2. The number of hydrogen-bond donors (Lipinski definition) is 2.